The fraction of sp³-hybridized carbons (Fsp3) is 0.333. The number of carbonyl (C=O) groups excluding carboxylic acids is 1. The van der Waals surface area contributed by atoms with Gasteiger partial charge in [-0.05, 0) is 18.2 Å². The Labute approximate surface area is 165 Å². The van der Waals surface area contributed by atoms with Crippen LogP contribution in [0.5, 0.6) is 0 Å². The van der Waals surface area contributed by atoms with Crippen LogP contribution in [0.3, 0.4) is 0 Å². The Morgan fingerprint density at radius 1 is 1.30 bits per heavy atom. The maximum absolute atomic E-state index is 13.1. The van der Waals surface area contributed by atoms with Crippen LogP contribution in [0.1, 0.15) is 10.5 Å². The van der Waals surface area contributed by atoms with Crippen molar-refractivity contribution in [2.75, 3.05) is 44.3 Å². The number of halogens is 1. The molecule has 4 rings (SSSR count). The summed E-state index contributed by atoms with van der Waals surface area (Å²) >= 11 is 7.54. The lowest BCUT2D eigenvalue weighted by Crippen LogP contribution is -2.43. The summed E-state index contributed by atoms with van der Waals surface area (Å²) in [5.74, 6) is -0.207. The summed E-state index contributed by atoms with van der Waals surface area (Å²) in [6.45, 7) is 4.43. The smallest absolute Gasteiger partial charge is 0.280 e. The van der Waals surface area contributed by atoms with E-state index in [2.05, 4.69) is 19.9 Å². The number of hydrogen-bond acceptors (Lipinski definition) is 7. The molecule has 0 bridgehead atoms. The summed E-state index contributed by atoms with van der Waals surface area (Å²) in [6.07, 6.45) is 4.55. The molecule has 3 heterocycles. The third-order valence-electron chi connectivity index (χ3n) is 4.34. The fourth-order valence-electron chi connectivity index (χ4n) is 2.90. The Balaban J connectivity index is 1.62. The summed E-state index contributed by atoms with van der Waals surface area (Å²) < 4.78 is 6.34. The van der Waals surface area contributed by atoms with E-state index in [-0.39, 0.29) is 5.91 Å². The first-order valence-corrected chi connectivity index (χ1v) is 9.84. The highest BCUT2D eigenvalue weighted by molar-refractivity contribution is 7.22. The van der Waals surface area contributed by atoms with Crippen LogP contribution in [-0.4, -0.2) is 65.2 Å². The zero-order valence-electron chi connectivity index (χ0n) is 14.5. The molecule has 1 aliphatic rings. The minimum Gasteiger partial charge on any atom is -0.379 e. The minimum atomic E-state index is -0.207. The number of anilines is 1. The number of nitrogens with zero attached hydrogens (tertiary/aromatic N) is 5. The first-order chi connectivity index (χ1) is 13.2. The van der Waals surface area contributed by atoms with Crippen molar-refractivity contribution in [3.05, 3.63) is 47.5 Å². The Bertz CT molecular complexity index is 930. The topological polar surface area (TPSA) is 71.5 Å². The average Bonchev–Trinajstić information content (AvgIpc) is 3.12. The highest BCUT2D eigenvalue weighted by Crippen LogP contribution is 2.31. The van der Waals surface area contributed by atoms with Crippen molar-refractivity contribution in [2.24, 2.45) is 0 Å². The monoisotopic (exact) mass is 403 g/mol. The van der Waals surface area contributed by atoms with Gasteiger partial charge in [0.2, 0.25) is 0 Å². The molecule has 1 fully saturated rings. The van der Waals surface area contributed by atoms with Gasteiger partial charge in [-0.25, -0.2) is 9.97 Å². The van der Waals surface area contributed by atoms with Gasteiger partial charge in [-0.2, -0.15) is 0 Å². The summed E-state index contributed by atoms with van der Waals surface area (Å²) in [4.78, 5) is 29.9. The highest BCUT2D eigenvalue weighted by Gasteiger charge is 2.23. The maximum atomic E-state index is 13.1. The van der Waals surface area contributed by atoms with Crippen LogP contribution in [0.2, 0.25) is 5.02 Å². The molecule has 0 saturated carbocycles. The molecule has 0 atom stereocenters. The molecule has 1 amide bonds. The number of fused-ring (bicyclic) bond motifs is 1. The fourth-order valence-corrected chi connectivity index (χ4v) is 4.17. The van der Waals surface area contributed by atoms with Gasteiger partial charge in [-0.15, -0.1) is 0 Å². The number of morpholine rings is 1. The van der Waals surface area contributed by atoms with Gasteiger partial charge in [0.05, 0.1) is 29.6 Å². The summed E-state index contributed by atoms with van der Waals surface area (Å²) in [5.41, 5.74) is 1.12. The van der Waals surface area contributed by atoms with Crippen LogP contribution in [0.4, 0.5) is 5.13 Å². The predicted octanol–water partition coefficient (Wildman–Crippen LogP) is 2.72. The van der Waals surface area contributed by atoms with Crippen molar-refractivity contribution < 1.29 is 9.53 Å². The second kappa shape index (κ2) is 8.26. The van der Waals surface area contributed by atoms with E-state index in [1.165, 1.54) is 23.7 Å². The van der Waals surface area contributed by atoms with E-state index >= 15 is 0 Å². The third-order valence-corrected chi connectivity index (χ3v) is 5.62. The van der Waals surface area contributed by atoms with Gasteiger partial charge < -0.3 is 4.74 Å². The van der Waals surface area contributed by atoms with E-state index in [1.54, 1.807) is 17.2 Å². The SMILES string of the molecule is O=C(c1cnccn1)N(CCN1CCOCC1)c1nc2ccc(Cl)cc2s1. The highest BCUT2D eigenvalue weighted by atomic mass is 35.5. The van der Waals surface area contributed by atoms with Crippen molar-refractivity contribution in [3.63, 3.8) is 0 Å². The zero-order valence-corrected chi connectivity index (χ0v) is 16.1. The van der Waals surface area contributed by atoms with E-state index in [0.29, 0.717) is 22.4 Å². The first-order valence-electron chi connectivity index (χ1n) is 8.65. The summed E-state index contributed by atoms with van der Waals surface area (Å²) in [5, 5.41) is 1.29. The Hall–Kier alpha value is -2.13. The van der Waals surface area contributed by atoms with Crippen molar-refractivity contribution >= 4 is 44.2 Å². The molecule has 0 spiro atoms. The van der Waals surface area contributed by atoms with Crippen molar-refractivity contribution in [1.82, 2.24) is 19.9 Å². The number of carbonyl (C=O) groups is 1. The number of hydrogen-bond donors (Lipinski definition) is 0. The van der Waals surface area contributed by atoms with Crippen LogP contribution in [0.15, 0.2) is 36.8 Å². The second-order valence-corrected chi connectivity index (χ2v) is 7.56. The van der Waals surface area contributed by atoms with Gasteiger partial charge in [0, 0.05) is 43.6 Å². The predicted molar refractivity (Wildman–Crippen MR) is 106 cm³/mol. The van der Waals surface area contributed by atoms with E-state index in [1.807, 2.05) is 12.1 Å². The lowest BCUT2D eigenvalue weighted by molar-refractivity contribution is 0.0391. The lowest BCUT2D eigenvalue weighted by atomic mass is 10.3. The zero-order chi connectivity index (χ0) is 18.6. The maximum Gasteiger partial charge on any atom is 0.280 e. The molecule has 0 N–H and O–H groups in total. The Morgan fingerprint density at radius 2 is 2.15 bits per heavy atom. The van der Waals surface area contributed by atoms with E-state index in [4.69, 9.17) is 16.3 Å². The average molecular weight is 404 g/mol. The molecule has 9 heteroatoms. The molecule has 1 aromatic carbocycles. The standard InChI is InChI=1S/C18H18ClN5O2S/c19-13-1-2-14-16(11-13)27-18(22-14)24(6-5-23-7-9-26-10-8-23)17(25)15-12-20-3-4-21-15/h1-4,11-12H,5-10H2. The minimum absolute atomic E-state index is 0.207. The Kier molecular flexibility index (Phi) is 5.58. The van der Waals surface area contributed by atoms with Gasteiger partial charge in [0.15, 0.2) is 5.13 Å². The third kappa shape index (κ3) is 4.24. The molecule has 3 aromatic rings. The molecular formula is C18H18ClN5O2S. The number of thiazole rings is 1. The van der Waals surface area contributed by atoms with E-state index < -0.39 is 0 Å². The molecule has 1 saturated heterocycles. The molecule has 2 aromatic heterocycles. The van der Waals surface area contributed by atoms with Crippen LogP contribution in [-0.2, 0) is 4.74 Å². The van der Waals surface area contributed by atoms with E-state index in [9.17, 15) is 4.79 Å². The number of ether oxygens (including phenoxy) is 1. The van der Waals surface area contributed by atoms with Gasteiger partial charge in [-0.1, -0.05) is 22.9 Å². The molecule has 27 heavy (non-hydrogen) atoms. The number of aromatic nitrogens is 3. The van der Waals surface area contributed by atoms with E-state index in [0.717, 1.165) is 43.1 Å². The largest absolute Gasteiger partial charge is 0.379 e. The molecular weight excluding hydrogens is 386 g/mol. The Morgan fingerprint density at radius 3 is 2.93 bits per heavy atom. The van der Waals surface area contributed by atoms with Crippen LogP contribution in [0, 0.1) is 0 Å². The molecule has 0 unspecified atom stereocenters. The first kappa shape index (κ1) is 18.2. The lowest BCUT2D eigenvalue weighted by Gasteiger charge is -2.29. The number of benzene rings is 1. The van der Waals surface area contributed by atoms with Gasteiger partial charge in [-0.3, -0.25) is 19.6 Å². The quantitative estimate of drug-likeness (QED) is 0.652. The molecule has 0 aliphatic carbocycles. The molecule has 1 aliphatic heterocycles. The number of rotatable bonds is 5. The normalized spacial score (nSPS) is 15.1. The van der Waals surface area contributed by atoms with Crippen LogP contribution < -0.4 is 4.90 Å². The van der Waals surface area contributed by atoms with Gasteiger partial charge >= 0.3 is 0 Å². The van der Waals surface area contributed by atoms with Crippen molar-refractivity contribution in [1.29, 1.82) is 0 Å². The molecule has 7 nitrogen and oxygen atoms in total. The van der Waals surface area contributed by atoms with Crippen molar-refractivity contribution in [2.45, 2.75) is 0 Å². The molecule has 0 radical (unpaired) electrons. The van der Waals surface area contributed by atoms with Gasteiger partial charge in [0.1, 0.15) is 5.69 Å². The summed E-state index contributed by atoms with van der Waals surface area (Å²) in [7, 11) is 0. The second-order valence-electron chi connectivity index (χ2n) is 6.11. The van der Waals surface area contributed by atoms with Crippen LogP contribution >= 0.6 is 22.9 Å². The molecule has 140 valence electrons. The van der Waals surface area contributed by atoms with Crippen LogP contribution in [0.25, 0.3) is 10.2 Å². The summed E-state index contributed by atoms with van der Waals surface area (Å²) in [6, 6.07) is 5.53. The van der Waals surface area contributed by atoms with Crippen molar-refractivity contribution in [3.8, 4) is 0 Å². The number of amides is 1. The van der Waals surface area contributed by atoms with Gasteiger partial charge in [0.25, 0.3) is 5.91 Å².